The number of rotatable bonds is 6. The monoisotopic (exact) mass is 303 g/mol. The molecule has 2 aromatic rings. The molecule has 2 rings (SSSR count). The van der Waals surface area contributed by atoms with Gasteiger partial charge < -0.3 is 10.6 Å². The van der Waals surface area contributed by atoms with E-state index in [1.807, 2.05) is 24.4 Å². The first-order chi connectivity index (χ1) is 10.1. The Labute approximate surface area is 127 Å². The van der Waals surface area contributed by atoms with Crippen molar-refractivity contribution in [3.63, 3.8) is 0 Å². The van der Waals surface area contributed by atoms with Crippen LogP contribution in [0, 0.1) is 6.92 Å². The van der Waals surface area contributed by atoms with Gasteiger partial charge in [0.1, 0.15) is 5.82 Å². The number of carbonyl (C=O) groups excluding carboxylic acids is 2. The molecular weight excluding hydrogens is 286 g/mol. The Morgan fingerprint density at radius 1 is 1.29 bits per heavy atom. The molecule has 5 nitrogen and oxygen atoms in total. The van der Waals surface area contributed by atoms with Crippen molar-refractivity contribution in [2.75, 3.05) is 11.9 Å². The summed E-state index contributed by atoms with van der Waals surface area (Å²) in [6.07, 6.45) is 0.938. The maximum absolute atomic E-state index is 11.7. The van der Waals surface area contributed by atoms with Gasteiger partial charge in [-0.3, -0.25) is 9.59 Å². The Bertz CT molecular complexity index is 611. The van der Waals surface area contributed by atoms with Gasteiger partial charge in [0.2, 0.25) is 5.91 Å². The Morgan fingerprint density at radius 2 is 2.14 bits per heavy atom. The molecule has 0 fully saturated rings. The SMILES string of the molecule is Cc1cccc(NC(=O)CCCNC(=O)c2ccsc2)n1. The van der Waals surface area contributed by atoms with E-state index < -0.39 is 0 Å². The first kappa shape index (κ1) is 15.2. The molecule has 0 saturated heterocycles. The second kappa shape index (κ2) is 7.54. The van der Waals surface area contributed by atoms with E-state index in [0.717, 1.165) is 5.69 Å². The number of hydrogen-bond donors (Lipinski definition) is 2. The van der Waals surface area contributed by atoms with Gasteiger partial charge in [0, 0.05) is 29.6 Å². The zero-order valence-corrected chi connectivity index (χ0v) is 12.6. The number of pyridine rings is 1. The van der Waals surface area contributed by atoms with Gasteiger partial charge in [-0.2, -0.15) is 11.3 Å². The number of hydrogen-bond acceptors (Lipinski definition) is 4. The van der Waals surface area contributed by atoms with Crippen molar-refractivity contribution in [1.82, 2.24) is 10.3 Å². The van der Waals surface area contributed by atoms with Gasteiger partial charge in [0.25, 0.3) is 5.91 Å². The molecule has 110 valence electrons. The fourth-order valence-electron chi connectivity index (χ4n) is 1.76. The summed E-state index contributed by atoms with van der Waals surface area (Å²) in [6.45, 7) is 2.35. The van der Waals surface area contributed by atoms with Crippen molar-refractivity contribution < 1.29 is 9.59 Å². The molecule has 0 saturated carbocycles. The molecule has 6 heteroatoms. The van der Waals surface area contributed by atoms with Gasteiger partial charge in [-0.25, -0.2) is 4.98 Å². The fourth-order valence-corrected chi connectivity index (χ4v) is 2.40. The summed E-state index contributed by atoms with van der Waals surface area (Å²) < 4.78 is 0. The predicted octanol–water partition coefficient (Wildman–Crippen LogP) is 2.60. The molecule has 0 bridgehead atoms. The van der Waals surface area contributed by atoms with E-state index in [2.05, 4.69) is 15.6 Å². The van der Waals surface area contributed by atoms with Crippen LogP contribution in [0.1, 0.15) is 28.9 Å². The van der Waals surface area contributed by atoms with Crippen molar-refractivity contribution in [2.24, 2.45) is 0 Å². The predicted molar refractivity (Wildman–Crippen MR) is 83.5 cm³/mol. The highest BCUT2D eigenvalue weighted by Crippen LogP contribution is 2.06. The molecule has 0 aromatic carbocycles. The maximum atomic E-state index is 11.7. The highest BCUT2D eigenvalue weighted by molar-refractivity contribution is 7.08. The molecular formula is C15H17N3O2S. The van der Waals surface area contributed by atoms with Crippen LogP contribution in [0.5, 0.6) is 0 Å². The largest absolute Gasteiger partial charge is 0.352 e. The first-order valence-corrected chi connectivity index (χ1v) is 7.63. The van der Waals surface area contributed by atoms with Gasteiger partial charge in [-0.05, 0) is 36.9 Å². The summed E-state index contributed by atoms with van der Waals surface area (Å²) in [5, 5.41) is 9.18. The minimum Gasteiger partial charge on any atom is -0.352 e. The number of carbonyl (C=O) groups is 2. The van der Waals surface area contributed by atoms with Crippen LogP contribution in [-0.4, -0.2) is 23.3 Å². The topological polar surface area (TPSA) is 71.1 Å². The summed E-state index contributed by atoms with van der Waals surface area (Å²) in [5.41, 5.74) is 1.52. The van der Waals surface area contributed by atoms with Gasteiger partial charge in [0.15, 0.2) is 0 Å². The smallest absolute Gasteiger partial charge is 0.252 e. The number of aromatic nitrogens is 1. The van der Waals surface area contributed by atoms with Gasteiger partial charge >= 0.3 is 0 Å². The van der Waals surface area contributed by atoms with E-state index in [-0.39, 0.29) is 11.8 Å². The third-order valence-corrected chi connectivity index (χ3v) is 3.49. The third-order valence-electron chi connectivity index (χ3n) is 2.81. The second-order valence-corrected chi connectivity index (χ2v) is 5.36. The van der Waals surface area contributed by atoms with E-state index in [1.165, 1.54) is 11.3 Å². The van der Waals surface area contributed by atoms with Crippen LogP contribution in [0.4, 0.5) is 5.82 Å². The number of aryl methyl sites for hydroxylation is 1. The molecule has 2 amide bonds. The quantitative estimate of drug-likeness (QED) is 0.806. The molecule has 2 heterocycles. The zero-order chi connectivity index (χ0) is 15.1. The average Bonchev–Trinajstić information content (AvgIpc) is 2.97. The summed E-state index contributed by atoms with van der Waals surface area (Å²) in [5.74, 6) is 0.359. The van der Waals surface area contributed by atoms with Crippen LogP contribution in [0.15, 0.2) is 35.0 Å². The fraction of sp³-hybridized carbons (Fsp3) is 0.267. The average molecular weight is 303 g/mol. The Morgan fingerprint density at radius 3 is 2.86 bits per heavy atom. The van der Waals surface area contributed by atoms with E-state index >= 15 is 0 Å². The highest BCUT2D eigenvalue weighted by Gasteiger charge is 2.06. The van der Waals surface area contributed by atoms with Gasteiger partial charge in [-0.15, -0.1) is 0 Å². The molecule has 0 radical (unpaired) electrons. The minimum absolute atomic E-state index is 0.0992. The van der Waals surface area contributed by atoms with Crippen LogP contribution in [0.25, 0.3) is 0 Å². The molecule has 2 aromatic heterocycles. The molecule has 0 spiro atoms. The van der Waals surface area contributed by atoms with E-state index in [1.54, 1.807) is 17.5 Å². The van der Waals surface area contributed by atoms with Crippen molar-refractivity contribution in [3.05, 3.63) is 46.3 Å². The lowest BCUT2D eigenvalue weighted by molar-refractivity contribution is -0.116. The Balaban J connectivity index is 1.67. The highest BCUT2D eigenvalue weighted by atomic mass is 32.1. The molecule has 0 unspecified atom stereocenters. The van der Waals surface area contributed by atoms with Crippen LogP contribution in [0.2, 0.25) is 0 Å². The zero-order valence-electron chi connectivity index (χ0n) is 11.8. The van der Waals surface area contributed by atoms with Crippen molar-refractivity contribution >= 4 is 29.0 Å². The lowest BCUT2D eigenvalue weighted by atomic mass is 10.2. The van der Waals surface area contributed by atoms with Crippen LogP contribution in [0.3, 0.4) is 0 Å². The van der Waals surface area contributed by atoms with Crippen molar-refractivity contribution in [1.29, 1.82) is 0 Å². The van der Waals surface area contributed by atoms with E-state index in [0.29, 0.717) is 30.8 Å². The van der Waals surface area contributed by atoms with Gasteiger partial charge in [0.05, 0.1) is 0 Å². The number of nitrogens with one attached hydrogen (secondary N) is 2. The molecule has 0 atom stereocenters. The third kappa shape index (κ3) is 5.00. The van der Waals surface area contributed by atoms with Crippen LogP contribution < -0.4 is 10.6 Å². The maximum Gasteiger partial charge on any atom is 0.252 e. The normalized spacial score (nSPS) is 10.1. The Kier molecular flexibility index (Phi) is 5.45. The number of amides is 2. The van der Waals surface area contributed by atoms with E-state index in [4.69, 9.17) is 0 Å². The van der Waals surface area contributed by atoms with Crippen LogP contribution in [-0.2, 0) is 4.79 Å². The molecule has 21 heavy (non-hydrogen) atoms. The lowest BCUT2D eigenvalue weighted by Crippen LogP contribution is -2.25. The first-order valence-electron chi connectivity index (χ1n) is 6.69. The molecule has 0 aliphatic rings. The van der Waals surface area contributed by atoms with Crippen molar-refractivity contribution in [2.45, 2.75) is 19.8 Å². The molecule has 2 N–H and O–H groups in total. The Hall–Kier alpha value is -2.21. The summed E-state index contributed by atoms with van der Waals surface area (Å²) in [6, 6.07) is 7.24. The number of thiophene rings is 1. The summed E-state index contributed by atoms with van der Waals surface area (Å²) in [4.78, 5) is 27.6. The molecule has 0 aliphatic heterocycles. The van der Waals surface area contributed by atoms with Gasteiger partial charge in [-0.1, -0.05) is 6.07 Å². The summed E-state index contributed by atoms with van der Waals surface area (Å²) in [7, 11) is 0. The standard InChI is InChI=1S/C15H17N3O2S/c1-11-4-2-5-13(17-11)18-14(19)6-3-8-16-15(20)12-7-9-21-10-12/h2,4-5,7,9-10H,3,6,8H2,1H3,(H,16,20)(H,17,18,19). The van der Waals surface area contributed by atoms with Crippen molar-refractivity contribution in [3.8, 4) is 0 Å². The van der Waals surface area contributed by atoms with Crippen LogP contribution >= 0.6 is 11.3 Å². The molecule has 0 aliphatic carbocycles. The number of anilines is 1. The summed E-state index contributed by atoms with van der Waals surface area (Å²) >= 11 is 1.48. The van der Waals surface area contributed by atoms with E-state index in [9.17, 15) is 9.59 Å². The lowest BCUT2D eigenvalue weighted by Gasteiger charge is -2.06. The number of nitrogens with zero attached hydrogens (tertiary/aromatic N) is 1. The second-order valence-electron chi connectivity index (χ2n) is 4.58. The minimum atomic E-state index is -0.1000.